The lowest BCUT2D eigenvalue weighted by Gasteiger charge is -2.25. The van der Waals surface area contributed by atoms with Crippen LogP contribution in [0.15, 0.2) is 18.2 Å². The monoisotopic (exact) mass is 300 g/mol. The number of hydrogen-bond acceptors (Lipinski definition) is 3. The van der Waals surface area contributed by atoms with Crippen LogP contribution in [0.1, 0.15) is 29.6 Å². The van der Waals surface area contributed by atoms with E-state index in [1.54, 1.807) is 0 Å². The van der Waals surface area contributed by atoms with Crippen molar-refractivity contribution in [2.75, 3.05) is 26.2 Å². The van der Waals surface area contributed by atoms with Crippen LogP contribution in [0.2, 0.25) is 5.02 Å². The van der Waals surface area contributed by atoms with E-state index in [2.05, 4.69) is 10.4 Å². The lowest BCUT2D eigenvalue weighted by molar-refractivity contribution is 0.0203. The van der Waals surface area contributed by atoms with Crippen LogP contribution in [0.4, 0.5) is 4.39 Å². The number of piperidine rings is 1. The lowest BCUT2D eigenvalue weighted by Crippen LogP contribution is -2.35. The summed E-state index contributed by atoms with van der Waals surface area (Å²) in [5.74, 6) is -1.32. The zero-order chi connectivity index (χ0) is 14.4. The highest BCUT2D eigenvalue weighted by atomic mass is 35.5. The van der Waals surface area contributed by atoms with E-state index in [0.717, 1.165) is 19.6 Å². The molecule has 1 fully saturated rings. The van der Waals surface area contributed by atoms with Crippen LogP contribution in [-0.4, -0.2) is 37.0 Å². The third kappa shape index (κ3) is 4.16. The summed E-state index contributed by atoms with van der Waals surface area (Å²) in [5.41, 5.74) is 2.04. The van der Waals surface area contributed by atoms with Crippen LogP contribution in [0, 0.1) is 5.82 Å². The first-order chi connectivity index (χ1) is 9.68. The fraction of sp³-hybridized carbons (Fsp3) is 0.500. The van der Waals surface area contributed by atoms with Gasteiger partial charge in [-0.2, -0.15) is 0 Å². The SMILES string of the molecule is O=C(NOCCN1CCCCC1)c1c(F)cccc1Cl. The van der Waals surface area contributed by atoms with E-state index in [-0.39, 0.29) is 10.6 Å². The molecular weight excluding hydrogens is 283 g/mol. The van der Waals surface area contributed by atoms with Gasteiger partial charge in [0.05, 0.1) is 17.2 Å². The van der Waals surface area contributed by atoms with Gasteiger partial charge in [-0.3, -0.25) is 9.63 Å². The molecule has 110 valence electrons. The van der Waals surface area contributed by atoms with Crippen molar-refractivity contribution in [2.45, 2.75) is 19.3 Å². The Morgan fingerprint density at radius 2 is 2.10 bits per heavy atom. The number of rotatable bonds is 5. The number of amides is 1. The van der Waals surface area contributed by atoms with Gasteiger partial charge in [0, 0.05) is 6.54 Å². The van der Waals surface area contributed by atoms with E-state index >= 15 is 0 Å². The van der Waals surface area contributed by atoms with Crippen molar-refractivity contribution in [3.8, 4) is 0 Å². The Balaban J connectivity index is 1.75. The minimum atomic E-state index is -0.660. The highest BCUT2D eigenvalue weighted by Crippen LogP contribution is 2.18. The molecule has 0 spiro atoms. The summed E-state index contributed by atoms with van der Waals surface area (Å²) >= 11 is 5.79. The minimum absolute atomic E-state index is 0.0714. The van der Waals surface area contributed by atoms with Gasteiger partial charge in [-0.15, -0.1) is 0 Å². The van der Waals surface area contributed by atoms with Gasteiger partial charge in [-0.05, 0) is 38.1 Å². The number of nitrogens with zero attached hydrogens (tertiary/aromatic N) is 1. The first kappa shape index (κ1) is 15.2. The molecule has 1 aromatic carbocycles. The highest BCUT2D eigenvalue weighted by molar-refractivity contribution is 6.33. The Kier molecular flexibility index (Phi) is 5.76. The summed E-state index contributed by atoms with van der Waals surface area (Å²) in [6, 6.07) is 4.10. The second kappa shape index (κ2) is 7.57. The van der Waals surface area contributed by atoms with Crippen molar-refractivity contribution in [3.05, 3.63) is 34.6 Å². The van der Waals surface area contributed by atoms with E-state index in [1.165, 1.54) is 37.5 Å². The molecule has 1 aliphatic rings. The second-order valence-corrected chi connectivity index (χ2v) is 5.19. The quantitative estimate of drug-likeness (QED) is 0.671. The smallest absolute Gasteiger partial charge is 0.279 e. The van der Waals surface area contributed by atoms with Gasteiger partial charge < -0.3 is 4.90 Å². The minimum Gasteiger partial charge on any atom is -0.301 e. The number of carbonyl (C=O) groups is 1. The first-order valence-corrected chi connectivity index (χ1v) is 7.15. The second-order valence-electron chi connectivity index (χ2n) is 4.78. The van der Waals surface area contributed by atoms with Gasteiger partial charge in [0.25, 0.3) is 5.91 Å². The summed E-state index contributed by atoms with van der Waals surface area (Å²) in [5, 5.41) is 0.0714. The maximum atomic E-state index is 13.5. The van der Waals surface area contributed by atoms with Crippen LogP contribution in [0.5, 0.6) is 0 Å². The van der Waals surface area contributed by atoms with Crippen molar-refractivity contribution in [2.24, 2.45) is 0 Å². The number of benzene rings is 1. The molecule has 1 aliphatic heterocycles. The van der Waals surface area contributed by atoms with Crippen LogP contribution < -0.4 is 5.48 Å². The molecule has 0 aromatic heterocycles. The normalized spacial score (nSPS) is 16.1. The summed E-state index contributed by atoms with van der Waals surface area (Å²) < 4.78 is 13.5. The largest absolute Gasteiger partial charge is 0.301 e. The van der Waals surface area contributed by atoms with Crippen molar-refractivity contribution >= 4 is 17.5 Å². The number of hydrogen-bond donors (Lipinski definition) is 1. The predicted molar refractivity (Wildman–Crippen MR) is 75.1 cm³/mol. The molecule has 1 saturated heterocycles. The Hall–Kier alpha value is -1.17. The average molecular weight is 301 g/mol. The van der Waals surface area contributed by atoms with Gasteiger partial charge >= 0.3 is 0 Å². The van der Waals surface area contributed by atoms with E-state index in [1.807, 2.05) is 0 Å². The summed E-state index contributed by atoms with van der Waals surface area (Å²) in [7, 11) is 0. The van der Waals surface area contributed by atoms with Crippen LogP contribution in [0.3, 0.4) is 0 Å². The molecule has 0 unspecified atom stereocenters. The van der Waals surface area contributed by atoms with E-state index in [0.29, 0.717) is 6.61 Å². The first-order valence-electron chi connectivity index (χ1n) is 6.77. The van der Waals surface area contributed by atoms with Crippen LogP contribution >= 0.6 is 11.6 Å². The fourth-order valence-corrected chi connectivity index (χ4v) is 2.49. The molecule has 0 radical (unpaired) electrons. The van der Waals surface area contributed by atoms with Gasteiger partial charge in [-0.1, -0.05) is 24.1 Å². The molecule has 2 rings (SSSR count). The van der Waals surface area contributed by atoms with E-state index in [9.17, 15) is 9.18 Å². The summed E-state index contributed by atoms with van der Waals surface area (Å²) in [4.78, 5) is 19.1. The third-order valence-electron chi connectivity index (χ3n) is 3.31. The Morgan fingerprint density at radius 3 is 2.80 bits per heavy atom. The van der Waals surface area contributed by atoms with E-state index < -0.39 is 11.7 Å². The van der Waals surface area contributed by atoms with Gasteiger partial charge in [0.2, 0.25) is 0 Å². The topological polar surface area (TPSA) is 41.6 Å². The molecule has 4 nitrogen and oxygen atoms in total. The summed E-state index contributed by atoms with van der Waals surface area (Å²) in [6.07, 6.45) is 3.69. The number of nitrogens with one attached hydrogen (secondary N) is 1. The van der Waals surface area contributed by atoms with Crippen molar-refractivity contribution in [1.82, 2.24) is 10.4 Å². The maximum Gasteiger partial charge on any atom is 0.279 e. The molecule has 1 N–H and O–H groups in total. The van der Waals surface area contributed by atoms with Gasteiger partial charge in [0.1, 0.15) is 5.82 Å². The molecule has 1 amide bonds. The number of hydroxylamine groups is 1. The third-order valence-corrected chi connectivity index (χ3v) is 3.63. The average Bonchev–Trinajstić information content (AvgIpc) is 2.44. The molecular formula is C14H18ClFN2O2. The van der Waals surface area contributed by atoms with Gasteiger partial charge in [0.15, 0.2) is 0 Å². The standard InChI is InChI=1S/C14H18ClFN2O2/c15-11-5-4-6-12(16)13(11)14(19)17-20-10-9-18-7-2-1-3-8-18/h4-6H,1-3,7-10H2,(H,17,19). The van der Waals surface area contributed by atoms with Gasteiger partial charge in [-0.25, -0.2) is 9.87 Å². The summed E-state index contributed by atoms with van der Waals surface area (Å²) in [6.45, 7) is 3.26. The zero-order valence-electron chi connectivity index (χ0n) is 11.2. The Bertz CT molecular complexity index is 444. The zero-order valence-corrected chi connectivity index (χ0v) is 12.0. The maximum absolute atomic E-state index is 13.5. The predicted octanol–water partition coefficient (Wildman–Crippen LogP) is 2.63. The number of halogens is 2. The number of carbonyl (C=O) groups excluding carboxylic acids is 1. The lowest BCUT2D eigenvalue weighted by atomic mass is 10.1. The van der Waals surface area contributed by atoms with Crippen LogP contribution in [0.25, 0.3) is 0 Å². The molecule has 0 bridgehead atoms. The van der Waals surface area contributed by atoms with Crippen molar-refractivity contribution in [1.29, 1.82) is 0 Å². The van der Waals surface area contributed by atoms with E-state index in [4.69, 9.17) is 16.4 Å². The molecule has 0 atom stereocenters. The molecule has 20 heavy (non-hydrogen) atoms. The molecule has 0 saturated carbocycles. The molecule has 6 heteroatoms. The molecule has 0 aliphatic carbocycles. The Morgan fingerprint density at radius 1 is 1.35 bits per heavy atom. The van der Waals surface area contributed by atoms with Crippen LogP contribution in [-0.2, 0) is 4.84 Å². The molecule has 1 heterocycles. The molecule has 1 aromatic rings. The highest BCUT2D eigenvalue weighted by Gasteiger charge is 2.16. The Labute approximate surface area is 122 Å². The van der Waals surface area contributed by atoms with Crippen molar-refractivity contribution < 1.29 is 14.0 Å². The fourth-order valence-electron chi connectivity index (χ4n) is 2.24. The number of likely N-dealkylation sites (tertiary alicyclic amines) is 1. The van der Waals surface area contributed by atoms with Crippen molar-refractivity contribution in [3.63, 3.8) is 0 Å².